The first kappa shape index (κ1) is 21.9. The molecule has 1 aliphatic heterocycles. The highest BCUT2D eigenvalue weighted by Crippen LogP contribution is 2.39. The van der Waals surface area contributed by atoms with E-state index in [1.807, 2.05) is 6.92 Å². The number of nitrogens with one attached hydrogen (secondary N) is 1. The van der Waals surface area contributed by atoms with Crippen molar-refractivity contribution in [1.29, 1.82) is 0 Å². The van der Waals surface area contributed by atoms with E-state index in [9.17, 15) is 14.0 Å². The lowest BCUT2D eigenvalue weighted by Crippen LogP contribution is -2.23. The zero-order chi connectivity index (χ0) is 21.7. The van der Waals surface area contributed by atoms with Gasteiger partial charge in [0, 0.05) is 6.92 Å². The van der Waals surface area contributed by atoms with Crippen LogP contribution in [0.2, 0.25) is 5.02 Å². The van der Waals surface area contributed by atoms with E-state index in [-0.39, 0.29) is 23.5 Å². The summed E-state index contributed by atoms with van der Waals surface area (Å²) in [5, 5.41) is 3.02. The Morgan fingerprint density at radius 1 is 1.27 bits per heavy atom. The Morgan fingerprint density at radius 2 is 2.00 bits per heavy atom. The van der Waals surface area contributed by atoms with Crippen LogP contribution in [-0.4, -0.2) is 23.6 Å². The molecule has 0 saturated heterocycles. The van der Waals surface area contributed by atoms with Gasteiger partial charge in [0.05, 0.1) is 16.5 Å². The molecular weight excluding hydrogens is 431 g/mol. The number of nitrogens with zero attached hydrogens (tertiary/aromatic N) is 1. The quantitative estimate of drug-likeness (QED) is 0.655. The molecule has 0 unspecified atom stereocenters. The van der Waals surface area contributed by atoms with E-state index in [0.717, 1.165) is 17.3 Å². The summed E-state index contributed by atoms with van der Waals surface area (Å²) in [4.78, 5) is 27.4. The molecule has 0 aromatic heterocycles. The number of aliphatic imine (C=N–C) groups is 1. The van der Waals surface area contributed by atoms with Gasteiger partial charge in [-0.1, -0.05) is 23.7 Å². The Hall–Kier alpha value is -2.84. The molecule has 9 heteroatoms. The van der Waals surface area contributed by atoms with Crippen molar-refractivity contribution in [2.45, 2.75) is 20.5 Å². The summed E-state index contributed by atoms with van der Waals surface area (Å²) in [5.74, 6) is -0.314. The number of hydrogen-bond acceptors (Lipinski definition) is 5. The first-order valence-corrected chi connectivity index (χ1v) is 10.2. The van der Waals surface area contributed by atoms with Crippen molar-refractivity contribution in [3.8, 4) is 11.5 Å². The molecule has 2 amide bonds. The van der Waals surface area contributed by atoms with Crippen molar-refractivity contribution in [1.82, 2.24) is 5.32 Å². The van der Waals surface area contributed by atoms with Gasteiger partial charge in [0.2, 0.25) is 5.91 Å². The number of rotatable bonds is 6. The highest BCUT2D eigenvalue weighted by atomic mass is 35.5. The van der Waals surface area contributed by atoms with Crippen LogP contribution in [0, 0.1) is 5.82 Å². The highest BCUT2D eigenvalue weighted by Gasteiger charge is 2.23. The molecule has 30 heavy (non-hydrogen) atoms. The molecule has 0 fully saturated rings. The monoisotopic (exact) mass is 448 g/mol. The van der Waals surface area contributed by atoms with Gasteiger partial charge in [0.1, 0.15) is 12.4 Å². The molecule has 156 valence electrons. The first-order valence-electron chi connectivity index (χ1n) is 8.99. The standard InChI is InChI=1S/C21H18ClFN2O4S/c1-3-28-17-9-14(10-18-20(27)25-21(30-18)24-12(2)26)8-16(22)19(17)29-11-13-4-6-15(23)7-5-13/h4-10H,3,11H2,1-2H3,(H,24,25,26,27)/b18-10-. The predicted molar refractivity (Wildman–Crippen MR) is 115 cm³/mol. The van der Waals surface area contributed by atoms with E-state index in [1.54, 1.807) is 30.3 Å². The van der Waals surface area contributed by atoms with Gasteiger partial charge in [-0.3, -0.25) is 9.59 Å². The maximum atomic E-state index is 13.1. The van der Waals surface area contributed by atoms with Crippen molar-refractivity contribution >= 4 is 46.4 Å². The Kier molecular flexibility index (Phi) is 7.12. The van der Waals surface area contributed by atoms with Crippen molar-refractivity contribution < 1.29 is 23.5 Å². The summed E-state index contributed by atoms with van der Waals surface area (Å²) >= 11 is 7.47. The van der Waals surface area contributed by atoms with Crippen LogP contribution in [0.3, 0.4) is 0 Å². The molecule has 1 aliphatic rings. The Morgan fingerprint density at radius 3 is 2.67 bits per heavy atom. The number of amides is 2. The van der Waals surface area contributed by atoms with Crippen LogP contribution in [0.5, 0.6) is 11.5 Å². The summed E-state index contributed by atoms with van der Waals surface area (Å²) in [6.07, 6.45) is 1.61. The third-order valence-corrected chi connectivity index (χ3v) is 5.01. The number of benzene rings is 2. The van der Waals surface area contributed by atoms with Gasteiger partial charge >= 0.3 is 0 Å². The molecule has 2 aromatic carbocycles. The molecule has 3 rings (SSSR count). The van der Waals surface area contributed by atoms with Crippen molar-refractivity contribution in [3.05, 3.63) is 63.3 Å². The molecular formula is C21H18ClFN2O4S. The van der Waals surface area contributed by atoms with Gasteiger partial charge in [-0.25, -0.2) is 4.39 Å². The predicted octanol–water partition coefficient (Wildman–Crippen LogP) is 4.56. The average molecular weight is 449 g/mol. The molecule has 0 saturated carbocycles. The first-order chi connectivity index (χ1) is 14.4. The topological polar surface area (TPSA) is 77.0 Å². The zero-order valence-corrected chi connectivity index (χ0v) is 17.8. The van der Waals surface area contributed by atoms with Gasteiger partial charge < -0.3 is 14.8 Å². The second-order valence-corrected chi connectivity index (χ2v) is 7.63. The molecule has 0 atom stereocenters. The fourth-order valence-corrected chi connectivity index (χ4v) is 3.71. The van der Waals surface area contributed by atoms with Gasteiger partial charge in [-0.2, -0.15) is 4.99 Å². The molecule has 1 N–H and O–H groups in total. The van der Waals surface area contributed by atoms with E-state index in [0.29, 0.717) is 33.6 Å². The molecule has 0 aliphatic carbocycles. The van der Waals surface area contributed by atoms with Crippen LogP contribution in [0.25, 0.3) is 6.08 Å². The van der Waals surface area contributed by atoms with Crippen molar-refractivity contribution in [2.24, 2.45) is 4.99 Å². The van der Waals surface area contributed by atoms with Crippen molar-refractivity contribution in [2.75, 3.05) is 6.61 Å². The van der Waals surface area contributed by atoms with Crippen LogP contribution in [0.15, 0.2) is 46.3 Å². The fraction of sp³-hybridized carbons (Fsp3) is 0.190. The number of halogens is 2. The third kappa shape index (κ3) is 5.61. The maximum Gasteiger partial charge on any atom is 0.286 e. The van der Waals surface area contributed by atoms with Crippen LogP contribution in [0.1, 0.15) is 25.0 Å². The molecule has 0 spiro atoms. The molecule has 1 heterocycles. The minimum absolute atomic E-state index is 0.183. The van der Waals surface area contributed by atoms with Gasteiger partial charge in [-0.15, -0.1) is 0 Å². The van der Waals surface area contributed by atoms with Crippen LogP contribution >= 0.6 is 23.4 Å². The van der Waals surface area contributed by atoms with Gasteiger partial charge in [0.25, 0.3) is 5.91 Å². The molecule has 6 nitrogen and oxygen atoms in total. The third-order valence-electron chi connectivity index (χ3n) is 3.83. The van der Waals surface area contributed by atoms with Crippen LogP contribution < -0.4 is 14.8 Å². The number of ether oxygens (including phenoxy) is 2. The number of carbonyl (C=O) groups excluding carboxylic acids is 2. The summed E-state index contributed by atoms with van der Waals surface area (Å²) in [6, 6.07) is 9.29. The second-order valence-electron chi connectivity index (χ2n) is 6.19. The lowest BCUT2D eigenvalue weighted by atomic mass is 10.1. The van der Waals surface area contributed by atoms with Crippen molar-refractivity contribution in [3.63, 3.8) is 0 Å². The van der Waals surface area contributed by atoms with Crippen LogP contribution in [0.4, 0.5) is 4.39 Å². The molecule has 0 bridgehead atoms. The number of hydrogen-bond donors (Lipinski definition) is 1. The van der Waals surface area contributed by atoms with Crippen LogP contribution in [-0.2, 0) is 16.2 Å². The lowest BCUT2D eigenvalue weighted by Gasteiger charge is -2.15. The highest BCUT2D eigenvalue weighted by molar-refractivity contribution is 8.18. The number of amidine groups is 1. The summed E-state index contributed by atoms with van der Waals surface area (Å²) in [6.45, 7) is 3.73. The minimum atomic E-state index is -0.450. The average Bonchev–Trinajstić information content (AvgIpc) is 3.01. The summed E-state index contributed by atoms with van der Waals surface area (Å²) < 4.78 is 24.5. The number of carbonyl (C=O) groups is 2. The Balaban J connectivity index is 1.81. The van der Waals surface area contributed by atoms with E-state index < -0.39 is 5.91 Å². The SMILES string of the molecule is CCOc1cc(/C=C2\SC(NC(C)=O)=NC2=O)cc(Cl)c1OCc1ccc(F)cc1. The molecule has 2 aromatic rings. The Bertz CT molecular complexity index is 1040. The molecule has 0 radical (unpaired) electrons. The Labute approximate surface area is 182 Å². The second kappa shape index (κ2) is 9.77. The largest absolute Gasteiger partial charge is 0.490 e. The summed E-state index contributed by atoms with van der Waals surface area (Å²) in [5.41, 5.74) is 1.39. The fourth-order valence-electron chi connectivity index (χ4n) is 2.57. The van der Waals surface area contributed by atoms with Gasteiger partial charge in [0.15, 0.2) is 16.7 Å². The maximum absolute atomic E-state index is 13.1. The summed E-state index contributed by atoms with van der Waals surface area (Å²) in [7, 11) is 0. The van der Waals surface area contributed by atoms with E-state index in [2.05, 4.69) is 10.3 Å². The normalized spacial score (nSPS) is 14.6. The van der Waals surface area contributed by atoms with Gasteiger partial charge in [-0.05, 0) is 60.2 Å². The van der Waals surface area contributed by atoms with E-state index in [4.69, 9.17) is 21.1 Å². The van der Waals surface area contributed by atoms with E-state index >= 15 is 0 Å². The van der Waals surface area contributed by atoms with E-state index in [1.165, 1.54) is 19.1 Å². The minimum Gasteiger partial charge on any atom is -0.490 e. The number of thioether (sulfide) groups is 1. The lowest BCUT2D eigenvalue weighted by molar-refractivity contribution is -0.117. The smallest absolute Gasteiger partial charge is 0.286 e. The zero-order valence-electron chi connectivity index (χ0n) is 16.2.